The van der Waals surface area contributed by atoms with Gasteiger partial charge in [0.1, 0.15) is 11.5 Å². The Hall–Kier alpha value is -1.49. The van der Waals surface area contributed by atoms with Gasteiger partial charge in [0.15, 0.2) is 5.96 Å². The van der Waals surface area contributed by atoms with E-state index in [1.807, 2.05) is 13.8 Å². The van der Waals surface area contributed by atoms with Gasteiger partial charge in [-0.25, -0.2) is 4.99 Å². The average molecular weight is 320 g/mol. The van der Waals surface area contributed by atoms with Crippen LogP contribution in [0, 0.1) is 13.8 Å². The zero-order valence-electron chi connectivity index (χ0n) is 15.4. The molecule has 1 fully saturated rings. The monoisotopic (exact) mass is 320 g/mol. The fraction of sp³-hybridized carbons (Fsp3) is 0.722. The highest BCUT2D eigenvalue weighted by Crippen LogP contribution is 2.17. The normalized spacial score (nSPS) is 19.0. The Kier molecular flexibility index (Phi) is 6.51. The van der Waals surface area contributed by atoms with Crippen molar-refractivity contribution in [2.45, 2.75) is 53.6 Å². The van der Waals surface area contributed by atoms with Crippen LogP contribution in [0.25, 0.3) is 0 Å². The molecule has 5 nitrogen and oxygen atoms in total. The molecule has 2 heterocycles. The van der Waals surface area contributed by atoms with E-state index in [2.05, 4.69) is 42.0 Å². The molecule has 1 saturated heterocycles. The van der Waals surface area contributed by atoms with Gasteiger partial charge >= 0.3 is 0 Å². The van der Waals surface area contributed by atoms with Gasteiger partial charge in [-0.1, -0.05) is 13.8 Å². The number of furan rings is 1. The van der Waals surface area contributed by atoms with Crippen molar-refractivity contribution in [2.75, 3.05) is 32.7 Å². The second kappa shape index (κ2) is 8.39. The van der Waals surface area contributed by atoms with Gasteiger partial charge in [-0.05, 0) is 46.3 Å². The third-order valence-corrected chi connectivity index (χ3v) is 4.67. The Balaban J connectivity index is 2.03. The largest absolute Gasteiger partial charge is 0.466 e. The molecule has 130 valence electrons. The van der Waals surface area contributed by atoms with Gasteiger partial charge in [-0.3, -0.25) is 4.90 Å². The Bertz CT molecular complexity index is 519. The number of nitrogens with one attached hydrogen (secondary N) is 1. The molecule has 2 rings (SSSR count). The van der Waals surface area contributed by atoms with Crippen molar-refractivity contribution in [2.24, 2.45) is 4.99 Å². The molecule has 0 saturated carbocycles. The van der Waals surface area contributed by atoms with Gasteiger partial charge in [0.25, 0.3) is 0 Å². The highest BCUT2D eigenvalue weighted by molar-refractivity contribution is 5.80. The van der Waals surface area contributed by atoms with Crippen LogP contribution in [0.4, 0.5) is 0 Å². The van der Waals surface area contributed by atoms with Crippen molar-refractivity contribution < 1.29 is 4.42 Å². The van der Waals surface area contributed by atoms with Crippen LogP contribution in [0.15, 0.2) is 15.5 Å². The molecule has 0 aromatic carbocycles. The van der Waals surface area contributed by atoms with E-state index in [1.165, 1.54) is 12.0 Å². The zero-order valence-corrected chi connectivity index (χ0v) is 15.4. The molecule has 1 aromatic heterocycles. The molecule has 23 heavy (non-hydrogen) atoms. The maximum Gasteiger partial charge on any atom is 0.194 e. The van der Waals surface area contributed by atoms with Crippen LogP contribution >= 0.6 is 0 Å². The number of hydrogen-bond donors (Lipinski definition) is 1. The molecule has 0 amide bonds. The zero-order chi connectivity index (χ0) is 16.8. The molecule has 5 heteroatoms. The van der Waals surface area contributed by atoms with E-state index < -0.39 is 0 Å². The van der Waals surface area contributed by atoms with Gasteiger partial charge in [0, 0.05) is 31.2 Å². The van der Waals surface area contributed by atoms with Crippen molar-refractivity contribution in [1.82, 2.24) is 15.1 Å². The van der Waals surface area contributed by atoms with Crippen molar-refractivity contribution in [1.29, 1.82) is 0 Å². The lowest BCUT2D eigenvalue weighted by molar-refractivity contribution is 0.223. The molecule has 0 radical (unpaired) electrons. The first-order valence-corrected chi connectivity index (χ1v) is 8.92. The molecule has 0 aliphatic carbocycles. The van der Waals surface area contributed by atoms with Gasteiger partial charge in [-0.2, -0.15) is 0 Å². The Morgan fingerprint density at radius 3 is 2.65 bits per heavy atom. The summed E-state index contributed by atoms with van der Waals surface area (Å²) in [6.45, 7) is 16.6. The number of likely N-dealkylation sites (tertiary alicyclic amines) is 1. The summed E-state index contributed by atoms with van der Waals surface area (Å²) in [6.07, 6.45) is 1.22. The first kappa shape index (κ1) is 17.9. The Morgan fingerprint density at radius 2 is 2.09 bits per heavy atom. The summed E-state index contributed by atoms with van der Waals surface area (Å²) in [5.74, 6) is 2.96. The summed E-state index contributed by atoms with van der Waals surface area (Å²) in [7, 11) is 0. The van der Waals surface area contributed by atoms with Crippen molar-refractivity contribution in [3.05, 3.63) is 23.2 Å². The van der Waals surface area contributed by atoms with Crippen molar-refractivity contribution in [3.8, 4) is 0 Å². The summed E-state index contributed by atoms with van der Waals surface area (Å²) >= 11 is 0. The first-order chi connectivity index (χ1) is 11.1. The number of nitrogens with zero attached hydrogens (tertiary/aromatic N) is 3. The average Bonchev–Trinajstić information content (AvgIpc) is 3.12. The maximum atomic E-state index is 5.60. The minimum Gasteiger partial charge on any atom is -0.466 e. The quantitative estimate of drug-likeness (QED) is 0.646. The molecule has 1 aliphatic heterocycles. The van der Waals surface area contributed by atoms with E-state index in [0.29, 0.717) is 12.6 Å². The summed E-state index contributed by atoms with van der Waals surface area (Å²) in [4.78, 5) is 9.78. The van der Waals surface area contributed by atoms with Crippen LogP contribution in [0.3, 0.4) is 0 Å². The molecule has 1 aliphatic rings. The topological polar surface area (TPSA) is 44.0 Å². The van der Waals surface area contributed by atoms with Crippen LogP contribution in [-0.2, 0) is 6.54 Å². The molecular weight excluding hydrogens is 288 g/mol. The summed E-state index contributed by atoms with van der Waals surface area (Å²) in [5.41, 5.74) is 1.18. The maximum absolute atomic E-state index is 5.60. The summed E-state index contributed by atoms with van der Waals surface area (Å²) in [6, 6.07) is 2.73. The Labute approximate surface area is 140 Å². The lowest BCUT2D eigenvalue weighted by Gasteiger charge is -2.27. The van der Waals surface area contributed by atoms with Crippen LogP contribution < -0.4 is 5.32 Å². The van der Waals surface area contributed by atoms with E-state index in [4.69, 9.17) is 9.41 Å². The van der Waals surface area contributed by atoms with Crippen LogP contribution in [0.5, 0.6) is 0 Å². The third-order valence-electron chi connectivity index (χ3n) is 4.67. The smallest absolute Gasteiger partial charge is 0.194 e. The highest BCUT2D eigenvalue weighted by atomic mass is 16.3. The second-order valence-electron chi connectivity index (χ2n) is 6.22. The van der Waals surface area contributed by atoms with Crippen molar-refractivity contribution in [3.63, 3.8) is 0 Å². The third kappa shape index (κ3) is 4.50. The molecule has 1 aromatic rings. The molecule has 0 spiro atoms. The van der Waals surface area contributed by atoms with Crippen LogP contribution in [0.2, 0.25) is 0 Å². The SMILES string of the molecule is CCNC(=NCc1cc(C)oc1C)N1CCC(N(CC)CC)C1. The lowest BCUT2D eigenvalue weighted by Crippen LogP contribution is -2.43. The molecular formula is C18H32N4O. The first-order valence-electron chi connectivity index (χ1n) is 8.92. The number of guanidine groups is 1. The van der Waals surface area contributed by atoms with Crippen LogP contribution in [0.1, 0.15) is 44.3 Å². The number of aliphatic imine (C=N–C) groups is 1. The van der Waals surface area contributed by atoms with E-state index in [9.17, 15) is 0 Å². The minimum absolute atomic E-state index is 0.645. The van der Waals surface area contributed by atoms with Gasteiger partial charge in [-0.15, -0.1) is 0 Å². The fourth-order valence-electron chi connectivity index (χ4n) is 3.40. The van der Waals surface area contributed by atoms with Gasteiger partial charge in [0.2, 0.25) is 0 Å². The van der Waals surface area contributed by atoms with Crippen molar-refractivity contribution >= 4 is 5.96 Å². The van der Waals surface area contributed by atoms with E-state index in [-0.39, 0.29) is 0 Å². The fourth-order valence-corrected chi connectivity index (χ4v) is 3.40. The van der Waals surface area contributed by atoms with E-state index >= 15 is 0 Å². The van der Waals surface area contributed by atoms with Gasteiger partial charge < -0.3 is 14.6 Å². The Morgan fingerprint density at radius 1 is 1.35 bits per heavy atom. The number of likely N-dealkylation sites (N-methyl/N-ethyl adjacent to an activating group) is 1. The second-order valence-corrected chi connectivity index (χ2v) is 6.22. The number of rotatable bonds is 6. The number of aryl methyl sites for hydroxylation is 2. The molecule has 1 unspecified atom stereocenters. The standard InChI is InChI=1S/C18H32N4O/c1-6-19-18(20-12-16-11-14(4)23-15(16)5)22-10-9-17(13-22)21(7-2)8-3/h11,17H,6-10,12-13H2,1-5H3,(H,19,20). The molecule has 0 bridgehead atoms. The van der Waals surface area contributed by atoms with E-state index in [0.717, 1.165) is 50.2 Å². The van der Waals surface area contributed by atoms with Gasteiger partial charge in [0.05, 0.1) is 6.54 Å². The predicted octanol–water partition coefficient (Wildman–Crippen LogP) is 2.78. The molecule has 1 atom stereocenters. The predicted molar refractivity (Wildman–Crippen MR) is 95.9 cm³/mol. The summed E-state index contributed by atoms with van der Waals surface area (Å²) < 4.78 is 5.60. The highest BCUT2D eigenvalue weighted by Gasteiger charge is 2.27. The lowest BCUT2D eigenvalue weighted by atomic mass is 10.2. The minimum atomic E-state index is 0.645. The molecule has 1 N–H and O–H groups in total. The van der Waals surface area contributed by atoms with E-state index in [1.54, 1.807) is 0 Å². The number of hydrogen-bond acceptors (Lipinski definition) is 3. The van der Waals surface area contributed by atoms with Crippen LogP contribution in [-0.4, -0.2) is 54.5 Å². The summed E-state index contributed by atoms with van der Waals surface area (Å²) in [5, 5.41) is 3.44.